The zero-order valence-corrected chi connectivity index (χ0v) is 11.5. The van der Waals surface area contributed by atoms with Gasteiger partial charge in [0.2, 0.25) is 0 Å². The number of ether oxygens (including phenoxy) is 1. The first-order valence-corrected chi connectivity index (χ1v) is 6.23. The number of benzene rings is 1. The van der Waals surface area contributed by atoms with E-state index in [0.29, 0.717) is 12.3 Å². The minimum atomic E-state index is -0.0152. The lowest BCUT2D eigenvalue weighted by atomic mass is 10.1. The molecule has 0 amide bonds. The van der Waals surface area contributed by atoms with Gasteiger partial charge in [-0.05, 0) is 48.7 Å². The SMILES string of the molecule is Cc1ccc(C)c(OCc2ccnc(C(N)=NO)c2)c1. The summed E-state index contributed by atoms with van der Waals surface area (Å²) >= 11 is 0. The van der Waals surface area contributed by atoms with Crippen LogP contribution in [0.15, 0.2) is 41.7 Å². The van der Waals surface area contributed by atoms with E-state index in [-0.39, 0.29) is 5.84 Å². The maximum Gasteiger partial charge on any atom is 0.188 e. The van der Waals surface area contributed by atoms with Crippen molar-refractivity contribution in [2.75, 3.05) is 0 Å². The van der Waals surface area contributed by atoms with Gasteiger partial charge in [0.1, 0.15) is 18.1 Å². The summed E-state index contributed by atoms with van der Waals surface area (Å²) in [7, 11) is 0. The number of amidine groups is 1. The molecule has 5 heteroatoms. The fraction of sp³-hybridized carbons (Fsp3) is 0.200. The molecule has 5 nitrogen and oxygen atoms in total. The molecule has 3 N–H and O–H groups in total. The molecule has 20 heavy (non-hydrogen) atoms. The summed E-state index contributed by atoms with van der Waals surface area (Å²) < 4.78 is 5.80. The number of oxime groups is 1. The van der Waals surface area contributed by atoms with Gasteiger partial charge in [-0.25, -0.2) is 0 Å². The maximum absolute atomic E-state index is 8.65. The first kappa shape index (κ1) is 13.9. The highest BCUT2D eigenvalue weighted by Gasteiger charge is 2.04. The van der Waals surface area contributed by atoms with Crippen LogP contribution in [0.2, 0.25) is 0 Å². The van der Waals surface area contributed by atoms with Crippen molar-refractivity contribution in [3.63, 3.8) is 0 Å². The minimum absolute atomic E-state index is 0.0152. The summed E-state index contributed by atoms with van der Waals surface area (Å²) in [5.41, 5.74) is 9.08. The van der Waals surface area contributed by atoms with Gasteiger partial charge in [0, 0.05) is 6.20 Å². The second-order valence-electron chi connectivity index (χ2n) is 4.59. The molecule has 2 aromatic rings. The molecule has 0 atom stereocenters. The number of hydrogen-bond acceptors (Lipinski definition) is 4. The van der Waals surface area contributed by atoms with E-state index >= 15 is 0 Å². The molecule has 104 valence electrons. The molecule has 0 spiro atoms. The van der Waals surface area contributed by atoms with Crippen molar-refractivity contribution in [1.29, 1.82) is 0 Å². The Balaban J connectivity index is 2.13. The van der Waals surface area contributed by atoms with Crippen molar-refractivity contribution in [3.05, 3.63) is 58.9 Å². The van der Waals surface area contributed by atoms with Crippen molar-refractivity contribution in [2.45, 2.75) is 20.5 Å². The van der Waals surface area contributed by atoms with E-state index in [1.54, 1.807) is 12.3 Å². The number of aromatic nitrogens is 1. The second kappa shape index (κ2) is 6.06. The Morgan fingerprint density at radius 3 is 2.85 bits per heavy atom. The first-order valence-electron chi connectivity index (χ1n) is 6.23. The van der Waals surface area contributed by atoms with Gasteiger partial charge < -0.3 is 15.7 Å². The van der Waals surface area contributed by atoms with Gasteiger partial charge in [-0.2, -0.15) is 0 Å². The van der Waals surface area contributed by atoms with Gasteiger partial charge in [-0.1, -0.05) is 17.3 Å². The molecule has 0 radical (unpaired) electrons. The third kappa shape index (κ3) is 3.26. The third-order valence-electron chi connectivity index (χ3n) is 2.93. The molecule has 0 aliphatic carbocycles. The highest BCUT2D eigenvalue weighted by molar-refractivity contribution is 5.95. The fourth-order valence-corrected chi connectivity index (χ4v) is 1.78. The molecule has 1 aromatic heterocycles. The predicted octanol–water partition coefficient (Wildman–Crippen LogP) is 2.37. The monoisotopic (exact) mass is 271 g/mol. The lowest BCUT2D eigenvalue weighted by molar-refractivity contribution is 0.303. The standard InChI is InChI=1S/C15H17N3O2/c1-10-3-4-11(2)14(7-10)20-9-12-5-6-17-13(8-12)15(16)18-19/h3-8,19H,9H2,1-2H3,(H2,16,18). The third-order valence-corrected chi connectivity index (χ3v) is 2.93. The molecule has 2 rings (SSSR count). The molecule has 0 unspecified atom stereocenters. The van der Waals surface area contributed by atoms with E-state index < -0.39 is 0 Å². The predicted molar refractivity (Wildman–Crippen MR) is 77.0 cm³/mol. The zero-order chi connectivity index (χ0) is 14.5. The summed E-state index contributed by atoms with van der Waals surface area (Å²) in [4.78, 5) is 4.03. The van der Waals surface area contributed by atoms with Crippen molar-refractivity contribution >= 4 is 5.84 Å². The molecule has 1 aromatic carbocycles. The lowest BCUT2D eigenvalue weighted by Crippen LogP contribution is -2.15. The van der Waals surface area contributed by atoms with Crippen LogP contribution in [0.4, 0.5) is 0 Å². The minimum Gasteiger partial charge on any atom is -0.489 e. The molecular weight excluding hydrogens is 254 g/mol. The molecule has 0 fully saturated rings. The molecule has 0 bridgehead atoms. The van der Waals surface area contributed by atoms with Gasteiger partial charge in [0.25, 0.3) is 0 Å². The lowest BCUT2D eigenvalue weighted by Gasteiger charge is -2.10. The molecule has 1 heterocycles. The Hall–Kier alpha value is -2.56. The van der Waals surface area contributed by atoms with E-state index in [1.807, 2.05) is 38.1 Å². The Kier molecular flexibility index (Phi) is 4.20. The van der Waals surface area contributed by atoms with E-state index in [0.717, 1.165) is 22.4 Å². The average molecular weight is 271 g/mol. The molecular formula is C15H17N3O2. The smallest absolute Gasteiger partial charge is 0.188 e. The van der Waals surface area contributed by atoms with E-state index in [2.05, 4.69) is 10.1 Å². The quantitative estimate of drug-likeness (QED) is 0.387. The van der Waals surface area contributed by atoms with Gasteiger partial charge >= 0.3 is 0 Å². The Labute approximate surface area is 117 Å². The number of hydrogen-bond donors (Lipinski definition) is 2. The van der Waals surface area contributed by atoms with E-state index in [9.17, 15) is 0 Å². The van der Waals surface area contributed by atoms with Gasteiger partial charge in [0.15, 0.2) is 5.84 Å². The van der Waals surface area contributed by atoms with Gasteiger partial charge in [-0.3, -0.25) is 4.98 Å². The van der Waals surface area contributed by atoms with Crippen LogP contribution in [-0.2, 0) is 6.61 Å². The molecule has 0 saturated carbocycles. The van der Waals surface area contributed by atoms with Crippen LogP contribution in [0, 0.1) is 13.8 Å². The number of rotatable bonds is 4. The van der Waals surface area contributed by atoms with Crippen molar-refractivity contribution in [1.82, 2.24) is 4.98 Å². The summed E-state index contributed by atoms with van der Waals surface area (Å²) in [5, 5.41) is 11.6. The maximum atomic E-state index is 8.65. The number of nitrogens with two attached hydrogens (primary N) is 1. The van der Waals surface area contributed by atoms with Crippen LogP contribution in [0.25, 0.3) is 0 Å². The number of nitrogens with zero attached hydrogens (tertiary/aromatic N) is 2. The van der Waals surface area contributed by atoms with Crippen LogP contribution in [-0.4, -0.2) is 16.0 Å². The Bertz CT molecular complexity index is 639. The Morgan fingerprint density at radius 2 is 2.10 bits per heavy atom. The summed E-state index contributed by atoms with van der Waals surface area (Å²) in [6.07, 6.45) is 1.61. The fourth-order valence-electron chi connectivity index (χ4n) is 1.78. The number of aryl methyl sites for hydroxylation is 2. The van der Waals surface area contributed by atoms with Crippen LogP contribution < -0.4 is 10.5 Å². The highest BCUT2D eigenvalue weighted by atomic mass is 16.5. The van der Waals surface area contributed by atoms with Crippen molar-refractivity contribution in [2.24, 2.45) is 10.9 Å². The average Bonchev–Trinajstić information content (AvgIpc) is 2.47. The largest absolute Gasteiger partial charge is 0.489 e. The van der Waals surface area contributed by atoms with Crippen molar-refractivity contribution < 1.29 is 9.94 Å². The molecule has 0 aliphatic heterocycles. The molecule has 0 aliphatic rings. The normalized spacial score (nSPS) is 11.4. The number of pyridine rings is 1. The second-order valence-corrected chi connectivity index (χ2v) is 4.59. The topological polar surface area (TPSA) is 80.7 Å². The van der Waals surface area contributed by atoms with Crippen LogP contribution in [0.1, 0.15) is 22.4 Å². The van der Waals surface area contributed by atoms with Crippen LogP contribution in [0.3, 0.4) is 0 Å². The van der Waals surface area contributed by atoms with Crippen LogP contribution in [0.5, 0.6) is 5.75 Å². The van der Waals surface area contributed by atoms with Gasteiger partial charge in [-0.15, -0.1) is 0 Å². The van der Waals surface area contributed by atoms with E-state index in [4.69, 9.17) is 15.7 Å². The van der Waals surface area contributed by atoms with Crippen molar-refractivity contribution in [3.8, 4) is 5.75 Å². The van der Waals surface area contributed by atoms with Crippen LogP contribution >= 0.6 is 0 Å². The Morgan fingerprint density at radius 1 is 1.30 bits per heavy atom. The summed E-state index contributed by atoms with van der Waals surface area (Å²) in [5.74, 6) is 0.839. The summed E-state index contributed by atoms with van der Waals surface area (Å²) in [6, 6.07) is 9.64. The van der Waals surface area contributed by atoms with E-state index in [1.165, 1.54) is 0 Å². The van der Waals surface area contributed by atoms with Gasteiger partial charge in [0.05, 0.1) is 0 Å². The molecule has 0 saturated heterocycles. The first-order chi connectivity index (χ1) is 9.60. The summed E-state index contributed by atoms with van der Waals surface area (Å²) in [6.45, 7) is 4.43. The highest BCUT2D eigenvalue weighted by Crippen LogP contribution is 2.20. The zero-order valence-electron chi connectivity index (χ0n) is 11.5.